The van der Waals surface area contributed by atoms with Gasteiger partial charge in [0.2, 0.25) is 15.9 Å². The van der Waals surface area contributed by atoms with Crippen LogP contribution in [0.5, 0.6) is 0 Å². The molecule has 1 aliphatic carbocycles. The number of hydrogen-bond donors (Lipinski definition) is 0. The SMILES string of the molecule is Cc1cc(S(=O)(=O)N2CC(c3nc(C4CC4)no3)C2)c(Cl)cc1Cl. The molecule has 6 nitrogen and oxygen atoms in total. The van der Waals surface area contributed by atoms with E-state index in [9.17, 15) is 8.42 Å². The fraction of sp³-hybridized carbons (Fsp3) is 0.467. The van der Waals surface area contributed by atoms with E-state index < -0.39 is 10.0 Å². The van der Waals surface area contributed by atoms with Gasteiger partial charge in [-0.2, -0.15) is 9.29 Å². The number of benzene rings is 1. The van der Waals surface area contributed by atoms with Crippen molar-refractivity contribution in [2.75, 3.05) is 13.1 Å². The van der Waals surface area contributed by atoms with E-state index in [0.717, 1.165) is 18.7 Å². The van der Waals surface area contributed by atoms with Crippen LogP contribution in [-0.2, 0) is 10.0 Å². The topological polar surface area (TPSA) is 76.3 Å². The third-order valence-corrected chi connectivity index (χ3v) is 7.13. The number of aryl methyl sites for hydroxylation is 1. The molecule has 0 amide bonds. The first-order valence-corrected chi connectivity index (χ1v) is 9.85. The zero-order chi connectivity index (χ0) is 17.1. The Hall–Kier alpha value is -1.15. The first-order chi connectivity index (χ1) is 11.4. The molecule has 0 radical (unpaired) electrons. The zero-order valence-corrected chi connectivity index (χ0v) is 15.2. The molecule has 1 saturated carbocycles. The Morgan fingerprint density at radius 3 is 2.54 bits per heavy atom. The summed E-state index contributed by atoms with van der Waals surface area (Å²) in [6.45, 7) is 2.37. The summed E-state index contributed by atoms with van der Waals surface area (Å²) in [6, 6.07) is 2.97. The highest BCUT2D eigenvalue weighted by molar-refractivity contribution is 7.89. The monoisotopic (exact) mass is 387 g/mol. The van der Waals surface area contributed by atoms with E-state index in [0.29, 0.717) is 35.5 Å². The van der Waals surface area contributed by atoms with Crippen LogP contribution in [0, 0.1) is 6.92 Å². The van der Waals surface area contributed by atoms with Crippen molar-refractivity contribution in [3.63, 3.8) is 0 Å². The smallest absolute Gasteiger partial charge is 0.244 e. The summed E-state index contributed by atoms with van der Waals surface area (Å²) < 4.78 is 32.1. The Bertz CT molecular complexity index is 903. The lowest BCUT2D eigenvalue weighted by molar-refractivity contribution is 0.216. The Balaban J connectivity index is 1.51. The van der Waals surface area contributed by atoms with Gasteiger partial charge in [0.05, 0.1) is 10.9 Å². The molecular weight excluding hydrogens is 373 g/mol. The van der Waals surface area contributed by atoms with Gasteiger partial charge in [-0.3, -0.25) is 0 Å². The first-order valence-electron chi connectivity index (χ1n) is 7.65. The lowest BCUT2D eigenvalue weighted by Crippen LogP contribution is -2.48. The molecule has 9 heteroatoms. The molecule has 4 rings (SSSR count). The maximum Gasteiger partial charge on any atom is 0.244 e. The molecule has 1 aliphatic heterocycles. The largest absolute Gasteiger partial charge is 0.339 e. The molecule has 24 heavy (non-hydrogen) atoms. The van der Waals surface area contributed by atoms with Gasteiger partial charge >= 0.3 is 0 Å². The maximum absolute atomic E-state index is 12.7. The van der Waals surface area contributed by atoms with Gasteiger partial charge in [-0.25, -0.2) is 8.42 Å². The molecule has 1 aromatic heterocycles. The summed E-state index contributed by atoms with van der Waals surface area (Å²) in [7, 11) is -3.66. The molecule has 2 fully saturated rings. The predicted octanol–water partition coefficient (Wildman–Crippen LogP) is 3.35. The molecule has 1 aromatic carbocycles. The predicted molar refractivity (Wildman–Crippen MR) is 89.0 cm³/mol. The van der Waals surface area contributed by atoms with E-state index in [1.165, 1.54) is 16.4 Å². The van der Waals surface area contributed by atoms with Gasteiger partial charge in [0.15, 0.2) is 5.82 Å². The van der Waals surface area contributed by atoms with Crippen molar-refractivity contribution in [3.8, 4) is 0 Å². The summed E-state index contributed by atoms with van der Waals surface area (Å²) in [5.74, 6) is 1.61. The van der Waals surface area contributed by atoms with E-state index in [-0.39, 0.29) is 15.8 Å². The van der Waals surface area contributed by atoms with Crippen molar-refractivity contribution < 1.29 is 12.9 Å². The summed E-state index contributed by atoms with van der Waals surface area (Å²) >= 11 is 12.1. The number of nitrogens with zero attached hydrogens (tertiary/aromatic N) is 3. The van der Waals surface area contributed by atoms with Gasteiger partial charge < -0.3 is 4.52 Å². The minimum atomic E-state index is -3.66. The summed E-state index contributed by atoms with van der Waals surface area (Å²) in [5.41, 5.74) is 0.669. The molecular formula is C15H15Cl2N3O3S. The van der Waals surface area contributed by atoms with Crippen molar-refractivity contribution >= 4 is 33.2 Å². The fourth-order valence-electron chi connectivity index (χ4n) is 2.68. The van der Waals surface area contributed by atoms with Crippen molar-refractivity contribution in [1.29, 1.82) is 0 Å². The molecule has 2 aromatic rings. The molecule has 1 saturated heterocycles. The zero-order valence-electron chi connectivity index (χ0n) is 12.9. The second-order valence-corrected chi connectivity index (χ2v) is 9.04. The normalized spacial score (nSPS) is 19.5. The molecule has 128 valence electrons. The van der Waals surface area contributed by atoms with E-state index in [2.05, 4.69) is 10.1 Å². The number of aromatic nitrogens is 2. The van der Waals surface area contributed by atoms with Crippen LogP contribution in [0.4, 0.5) is 0 Å². The standard InChI is InChI=1S/C15H15Cl2N3O3S/c1-8-4-13(12(17)5-11(8)16)24(21,22)20-6-10(7-20)15-18-14(19-23-15)9-2-3-9/h4-5,9-10H,2-3,6-7H2,1H3. The van der Waals surface area contributed by atoms with Crippen molar-refractivity contribution in [2.24, 2.45) is 0 Å². The van der Waals surface area contributed by atoms with Crippen molar-refractivity contribution in [1.82, 2.24) is 14.4 Å². The first kappa shape index (κ1) is 16.3. The maximum atomic E-state index is 12.7. The van der Waals surface area contributed by atoms with Gasteiger partial charge in [-0.1, -0.05) is 28.4 Å². The number of hydrogen-bond acceptors (Lipinski definition) is 5. The molecule has 0 N–H and O–H groups in total. The Morgan fingerprint density at radius 2 is 1.88 bits per heavy atom. The second kappa shape index (κ2) is 5.69. The molecule has 0 spiro atoms. The number of sulfonamides is 1. The third-order valence-electron chi connectivity index (χ3n) is 4.43. The minimum Gasteiger partial charge on any atom is -0.339 e. The second-order valence-electron chi connectivity index (χ2n) is 6.32. The quantitative estimate of drug-likeness (QED) is 0.803. The molecule has 2 heterocycles. The van der Waals surface area contributed by atoms with Crippen LogP contribution in [0.3, 0.4) is 0 Å². The van der Waals surface area contributed by atoms with Gasteiger partial charge in [-0.15, -0.1) is 0 Å². The van der Waals surface area contributed by atoms with Gasteiger partial charge in [0, 0.05) is 24.0 Å². The van der Waals surface area contributed by atoms with Gasteiger partial charge in [0.25, 0.3) is 0 Å². The average molecular weight is 388 g/mol. The molecule has 0 atom stereocenters. The van der Waals surface area contributed by atoms with E-state index in [1.807, 2.05) is 0 Å². The number of halogens is 2. The van der Waals surface area contributed by atoms with Crippen LogP contribution >= 0.6 is 23.2 Å². The summed E-state index contributed by atoms with van der Waals surface area (Å²) in [4.78, 5) is 4.46. The Morgan fingerprint density at radius 1 is 1.17 bits per heavy atom. The van der Waals surface area contributed by atoms with E-state index in [4.69, 9.17) is 27.7 Å². The fourth-order valence-corrected chi connectivity index (χ4v) is 5.02. The summed E-state index contributed by atoms with van der Waals surface area (Å²) in [6.07, 6.45) is 2.19. The van der Waals surface area contributed by atoms with Crippen LogP contribution in [0.2, 0.25) is 10.0 Å². The van der Waals surface area contributed by atoms with E-state index >= 15 is 0 Å². The highest BCUT2D eigenvalue weighted by Crippen LogP contribution is 2.40. The van der Waals surface area contributed by atoms with Crippen LogP contribution in [0.1, 0.15) is 42.0 Å². The summed E-state index contributed by atoms with van der Waals surface area (Å²) in [5, 5.41) is 4.54. The van der Waals surface area contributed by atoms with Crippen LogP contribution in [0.15, 0.2) is 21.6 Å². The van der Waals surface area contributed by atoms with Crippen molar-refractivity contribution in [3.05, 3.63) is 39.5 Å². The minimum absolute atomic E-state index is 0.0630. The highest BCUT2D eigenvalue weighted by atomic mass is 35.5. The molecule has 0 bridgehead atoms. The van der Waals surface area contributed by atoms with Crippen molar-refractivity contribution in [2.45, 2.75) is 36.5 Å². The molecule has 2 aliphatic rings. The Kier molecular flexibility index (Phi) is 3.87. The van der Waals surface area contributed by atoms with Crippen LogP contribution in [0.25, 0.3) is 0 Å². The third kappa shape index (κ3) is 2.73. The van der Waals surface area contributed by atoms with Crippen LogP contribution < -0.4 is 0 Å². The van der Waals surface area contributed by atoms with E-state index in [1.54, 1.807) is 6.92 Å². The lowest BCUT2D eigenvalue weighted by Gasteiger charge is -2.36. The number of rotatable bonds is 4. The lowest BCUT2D eigenvalue weighted by atomic mass is 10.0. The highest BCUT2D eigenvalue weighted by Gasteiger charge is 2.42. The van der Waals surface area contributed by atoms with Crippen LogP contribution in [-0.4, -0.2) is 36.0 Å². The molecule has 0 unspecified atom stereocenters. The average Bonchev–Trinajstić information content (AvgIpc) is 3.20. The van der Waals surface area contributed by atoms with Gasteiger partial charge in [0.1, 0.15) is 4.90 Å². The Labute approximate surface area is 149 Å². The van der Waals surface area contributed by atoms with Gasteiger partial charge in [-0.05, 0) is 37.5 Å².